The first kappa shape index (κ1) is 14.0. The summed E-state index contributed by atoms with van der Waals surface area (Å²) in [6.07, 6.45) is 0.714. The maximum Gasteiger partial charge on any atom is 0.237 e. The number of hydrogen-bond acceptors (Lipinski definition) is 3. The Bertz CT molecular complexity index is 453. The second-order valence-corrected chi connectivity index (χ2v) is 4.81. The molecule has 1 aliphatic heterocycles. The summed E-state index contributed by atoms with van der Waals surface area (Å²) in [6, 6.07) is 5.86. The zero-order valence-electron chi connectivity index (χ0n) is 11.2. The lowest BCUT2D eigenvalue weighted by Gasteiger charge is -2.18. The van der Waals surface area contributed by atoms with Gasteiger partial charge in [0.25, 0.3) is 0 Å². The smallest absolute Gasteiger partial charge is 0.237 e. The molecule has 2 rings (SSSR count). The van der Waals surface area contributed by atoms with Gasteiger partial charge >= 0.3 is 0 Å². The van der Waals surface area contributed by atoms with Gasteiger partial charge in [-0.1, -0.05) is 18.2 Å². The number of carbonyl (C=O) groups is 1. The first-order valence-corrected chi connectivity index (χ1v) is 6.42. The Morgan fingerprint density at radius 3 is 2.89 bits per heavy atom. The van der Waals surface area contributed by atoms with Crippen LogP contribution in [0.3, 0.4) is 0 Å². The molecule has 5 heteroatoms. The van der Waals surface area contributed by atoms with Gasteiger partial charge in [-0.3, -0.25) is 4.79 Å². The van der Waals surface area contributed by atoms with Crippen molar-refractivity contribution >= 4 is 5.91 Å². The number of hydrogen-bond donors (Lipinski definition) is 2. The minimum atomic E-state index is -0.350. The fraction of sp³-hybridized carbons (Fsp3) is 0.500. The lowest BCUT2D eigenvalue weighted by Crippen LogP contribution is -2.41. The molecule has 1 amide bonds. The van der Waals surface area contributed by atoms with Crippen molar-refractivity contribution in [3.05, 3.63) is 35.6 Å². The summed E-state index contributed by atoms with van der Waals surface area (Å²) in [7, 11) is 1.63. The average molecular weight is 266 g/mol. The summed E-state index contributed by atoms with van der Waals surface area (Å²) >= 11 is 0. The lowest BCUT2D eigenvalue weighted by atomic mass is 10.1. The standard InChI is InChI=1S/C14H19FN2O2/c1-9(11-5-3-4-6-12(11)15)17-14(18)13-7-10(19-2)8-16-13/h3-6,9-10,13,16H,7-8H2,1-2H3,(H,17,18). The zero-order chi connectivity index (χ0) is 13.8. The number of halogens is 1. The Morgan fingerprint density at radius 2 is 2.26 bits per heavy atom. The van der Waals surface area contributed by atoms with Crippen LogP contribution in [0, 0.1) is 5.82 Å². The van der Waals surface area contributed by atoms with E-state index in [4.69, 9.17) is 4.74 Å². The number of rotatable bonds is 4. The van der Waals surface area contributed by atoms with Gasteiger partial charge in [-0.05, 0) is 19.4 Å². The monoisotopic (exact) mass is 266 g/mol. The summed E-state index contributed by atoms with van der Waals surface area (Å²) in [4.78, 5) is 12.1. The Labute approximate surface area is 112 Å². The third-order valence-electron chi connectivity index (χ3n) is 3.47. The van der Waals surface area contributed by atoms with E-state index < -0.39 is 0 Å². The van der Waals surface area contributed by atoms with E-state index in [-0.39, 0.29) is 29.9 Å². The van der Waals surface area contributed by atoms with E-state index in [0.717, 1.165) is 0 Å². The van der Waals surface area contributed by atoms with Crippen LogP contribution in [0.1, 0.15) is 24.9 Å². The lowest BCUT2D eigenvalue weighted by molar-refractivity contribution is -0.123. The van der Waals surface area contributed by atoms with E-state index in [1.165, 1.54) is 6.07 Å². The SMILES string of the molecule is COC1CNC(C(=O)NC(C)c2ccccc2F)C1. The van der Waals surface area contributed by atoms with Gasteiger partial charge in [0, 0.05) is 19.2 Å². The Kier molecular flexibility index (Phi) is 4.50. The van der Waals surface area contributed by atoms with Crippen LogP contribution in [-0.2, 0) is 9.53 Å². The van der Waals surface area contributed by atoms with Crippen molar-refractivity contribution in [1.29, 1.82) is 0 Å². The number of carbonyl (C=O) groups excluding carboxylic acids is 1. The highest BCUT2D eigenvalue weighted by Gasteiger charge is 2.30. The summed E-state index contributed by atoms with van der Waals surface area (Å²) in [5.74, 6) is -0.417. The Morgan fingerprint density at radius 1 is 1.53 bits per heavy atom. The first-order valence-electron chi connectivity index (χ1n) is 6.42. The molecule has 3 unspecified atom stereocenters. The van der Waals surface area contributed by atoms with Gasteiger partial charge in [0.2, 0.25) is 5.91 Å². The maximum absolute atomic E-state index is 13.6. The maximum atomic E-state index is 13.6. The number of amides is 1. The fourth-order valence-corrected chi connectivity index (χ4v) is 2.30. The van der Waals surface area contributed by atoms with E-state index >= 15 is 0 Å². The minimum Gasteiger partial charge on any atom is -0.380 e. The highest BCUT2D eigenvalue weighted by molar-refractivity contribution is 5.82. The molecule has 0 radical (unpaired) electrons. The van der Waals surface area contributed by atoms with Crippen LogP contribution < -0.4 is 10.6 Å². The van der Waals surface area contributed by atoms with Crippen LogP contribution in [0.4, 0.5) is 4.39 Å². The predicted octanol–water partition coefficient (Wildman–Crippen LogP) is 1.38. The molecular formula is C14H19FN2O2. The molecule has 2 N–H and O–H groups in total. The zero-order valence-corrected chi connectivity index (χ0v) is 11.2. The molecule has 3 atom stereocenters. The molecular weight excluding hydrogens is 247 g/mol. The molecule has 0 aliphatic carbocycles. The van der Waals surface area contributed by atoms with Crippen molar-refractivity contribution < 1.29 is 13.9 Å². The molecule has 0 bridgehead atoms. The molecule has 0 aromatic heterocycles. The van der Waals surface area contributed by atoms with Crippen LogP contribution in [-0.4, -0.2) is 31.7 Å². The van der Waals surface area contributed by atoms with Crippen LogP contribution in [0.2, 0.25) is 0 Å². The van der Waals surface area contributed by atoms with E-state index in [0.29, 0.717) is 18.5 Å². The molecule has 104 valence electrons. The predicted molar refractivity (Wildman–Crippen MR) is 70.2 cm³/mol. The third-order valence-corrected chi connectivity index (χ3v) is 3.47. The van der Waals surface area contributed by atoms with Crippen LogP contribution in [0.25, 0.3) is 0 Å². The van der Waals surface area contributed by atoms with Crippen molar-refractivity contribution in [2.45, 2.75) is 31.5 Å². The van der Waals surface area contributed by atoms with Crippen LogP contribution >= 0.6 is 0 Å². The van der Waals surface area contributed by atoms with Crippen molar-refractivity contribution in [3.63, 3.8) is 0 Å². The number of nitrogens with one attached hydrogen (secondary N) is 2. The van der Waals surface area contributed by atoms with E-state index in [1.807, 2.05) is 0 Å². The van der Waals surface area contributed by atoms with Crippen molar-refractivity contribution in [1.82, 2.24) is 10.6 Å². The summed E-state index contributed by atoms with van der Waals surface area (Å²) in [6.45, 7) is 2.45. The van der Waals surface area contributed by atoms with Gasteiger partial charge in [0.1, 0.15) is 5.82 Å². The van der Waals surface area contributed by atoms with Crippen molar-refractivity contribution in [2.24, 2.45) is 0 Å². The fourth-order valence-electron chi connectivity index (χ4n) is 2.30. The topological polar surface area (TPSA) is 50.4 Å². The molecule has 1 aromatic rings. The minimum absolute atomic E-state index is 0.0690. The molecule has 1 saturated heterocycles. The summed E-state index contributed by atoms with van der Waals surface area (Å²) in [5, 5.41) is 5.92. The van der Waals surface area contributed by atoms with Gasteiger partial charge in [-0.25, -0.2) is 4.39 Å². The first-order chi connectivity index (χ1) is 9.11. The van der Waals surface area contributed by atoms with Crippen LogP contribution in [0.15, 0.2) is 24.3 Å². The van der Waals surface area contributed by atoms with Gasteiger partial charge in [-0.15, -0.1) is 0 Å². The van der Waals surface area contributed by atoms with Crippen molar-refractivity contribution in [3.8, 4) is 0 Å². The van der Waals surface area contributed by atoms with Gasteiger partial charge in [0.05, 0.1) is 18.2 Å². The number of ether oxygens (including phenoxy) is 1. The number of benzene rings is 1. The largest absolute Gasteiger partial charge is 0.380 e. The molecule has 4 nitrogen and oxygen atoms in total. The van der Waals surface area contributed by atoms with E-state index in [9.17, 15) is 9.18 Å². The molecule has 1 heterocycles. The Balaban J connectivity index is 1.94. The molecule has 0 spiro atoms. The molecule has 1 aliphatic rings. The molecule has 0 saturated carbocycles. The Hall–Kier alpha value is -1.46. The summed E-state index contributed by atoms with van der Waals surface area (Å²) < 4.78 is 18.8. The molecule has 19 heavy (non-hydrogen) atoms. The molecule has 1 aromatic carbocycles. The highest BCUT2D eigenvalue weighted by Crippen LogP contribution is 2.17. The van der Waals surface area contributed by atoms with Crippen molar-refractivity contribution in [2.75, 3.05) is 13.7 Å². The van der Waals surface area contributed by atoms with E-state index in [1.54, 1.807) is 32.2 Å². The second kappa shape index (κ2) is 6.12. The quantitative estimate of drug-likeness (QED) is 0.865. The molecule has 1 fully saturated rings. The van der Waals surface area contributed by atoms with Gasteiger partial charge in [-0.2, -0.15) is 0 Å². The second-order valence-electron chi connectivity index (χ2n) is 4.81. The average Bonchev–Trinajstić information content (AvgIpc) is 2.88. The van der Waals surface area contributed by atoms with Crippen LogP contribution in [0.5, 0.6) is 0 Å². The summed E-state index contributed by atoms with van der Waals surface area (Å²) in [5.41, 5.74) is 0.497. The third kappa shape index (κ3) is 3.30. The van der Waals surface area contributed by atoms with E-state index in [2.05, 4.69) is 10.6 Å². The normalized spacial score (nSPS) is 24.2. The highest BCUT2D eigenvalue weighted by atomic mass is 19.1. The van der Waals surface area contributed by atoms with Gasteiger partial charge in [0.15, 0.2) is 0 Å². The number of methoxy groups -OCH3 is 1. The van der Waals surface area contributed by atoms with Gasteiger partial charge < -0.3 is 15.4 Å².